The van der Waals surface area contributed by atoms with Crippen LogP contribution in [-0.2, 0) is 4.79 Å². The van der Waals surface area contributed by atoms with E-state index in [4.69, 9.17) is 5.73 Å². The van der Waals surface area contributed by atoms with Crippen molar-refractivity contribution in [3.05, 3.63) is 0 Å². The molecule has 3 amide bonds. The Morgan fingerprint density at radius 3 is 1.77 bits per heavy atom. The summed E-state index contributed by atoms with van der Waals surface area (Å²) in [5.41, 5.74) is 4.77. The van der Waals surface area contributed by atoms with Crippen molar-refractivity contribution in [1.82, 2.24) is 5.32 Å². The first-order chi connectivity index (χ1) is 5.71. The molecule has 0 heterocycles. The summed E-state index contributed by atoms with van der Waals surface area (Å²) in [6.45, 7) is 8.05. The molecule has 0 aromatic rings. The molecule has 0 atom stereocenters. The normalized spacial score (nSPS) is 23.7. The van der Waals surface area contributed by atoms with Crippen LogP contribution in [0.2, 0.25) is 0 Å². The van der Waals surface area contributed by atoms with Crippen LogP contribution in [0.15, 0.2) is 0 Å². The van der Waals surface area contributed by atoms with Crippen LogP contribution in [0.4, 0.5) is 4.79 Å². The maximum absolute atomic E-state index is 11.4. The van der Waals surface area contributed by atoms with Crippen molar-refractivity contribution < 1.29 is 9.59 Å². The van der Waals surface area contributed by atoms with Crippen molar-refractivity contribution in [3.63, 3.8) is 0 Å². The van der Waals surface area contributed by atoms with Crippen molar-refractivity contribution in [1.29, 1.82) is 0 Å². The highest BCUT2D eigenvalue weighted by Crippen LogP contribution is 2.68. The second-order valence-electron chi connectivity index (χ2n) is 4.73. The molecule has 74 valence electrons. The lowest BCUT2D eigenvalue weighted by molar-refractivity contribution is -0.122. The molecule has 1 aliphatic carbocycles. The average Bonchev–Trinajstić information content (AvgIpc) is 2.20. The third kappa shape index (κ3) is 1.30. The molecule has 0 saturated heterocycles. The summed E-state index contributed by atoms with van der Waals surface area (Å²) in [4.78, 5) is 21.9. The number of rotatable bonds is 1. The quantitative estimate of drug-likeness (QED) is 0.634. The number of hydrogen-bond acceptors (Lipinski definition) is 2. The van der Waals surface area contributed by atoms with Gasteiger partial charge >= 0.3 is 6.03 Å². The first-order valence-corrected chi connectivity index (χ1v) is 4.31. The molecule has 1 aliphatic rings. The first-order valence-electron chi connectivity index (χ1n) is 4.31. The van der Waals surface area contributed by atoms with E-state index in [9.17, 15) is 9.59 Å². The standard InChI is InChI=1S/C9H16N2O2/c1-8(2)5(9(8,3)4)6(12)11-7(10)13/h5H,1-4H3,(H3,10,11,12,13). The Bertz CT molecular complexity index is 255. The van der Waals surface area contributed by atoms with E-state index in [2.05, 4.69) is 5.32 Å². The topological polar surface area (TPSA) is 72.2 Å². The van der Waals surface area contributed by atoms with Crippen LogP contribution < -0.4 is 11.1 Å². The van der Waals surface area contributed by atoms with Crippen molar-refractivity contribution in [2.75, 3.05) is 0 Å². The largest absolute Gasteiger partial charge is 0.351 e. The minimum atomic E-state index is -0.775. The molecule has 1 saturated carbocycles. The first kappa shape index (κ1) is 10.0. The minimum Gasteiger partial charge on any atom is -0.351 e. The highest BCUT2D eigenvalue weighted by Gasteiger charge is 2.68. The van der Waals surface area contributed by atoms with Gasteiger partial charge < -0.3 is 5.73 Å². The van der Waals surface area contributed by atoms with Gasteiger partial charge in [0.1, 0.15) is 0 Å². The molecule has 0 aromatic heterocycles. The summed E-state index contributed by atoms with van der Waals surface area (Å²) in [7, 11) is 0. The van der Waals surface area contributed by atoms with E-state index < -0.39 is 6.03 Å². The monoisotopic (exact) mass is 184 g/mol. The molecule has 1 fully saturated rings. The molecular formula is C9H16N2O2. The van der Waals surface area contributed by atoms with Gasteiger partial charge in [-0.3, -0.25) is 10.1 Å². The van der Waals surface area contributed by atoms with Gasteiger partial charge in [0.2, 0.25) is 5.91 Å². The lowest BCUT2D eigenvalue weighted by Gasteiger charge is -2.03. The van der Waals surface area contributed by atoms with E-state index in [1.807, 2.05) is 27.7 Å². The molecule has 4 nitrogen and oxygen atoms in total. The van der Waals surface area contributed by atoms with Crippen LogP contribution in [0.25, 0.3) is 0 Å². The Balaban J connectivity index is 2.68. The minimum absolute atomic E-state index is 0.0491. The summed E-state index contributed by atoms with van der Waals surface area (Å²) < 4.78 is 0. The van der Waals surface area contributed by atoms with E-state index >= 15 is 0 Å². The van der Waals surface area contributed by atoms with Gasteiger partial charge in [0.15, 0.2) is 0 Å². The van der Waals surface area contributed by atoms with Crippen LogP contribution >= 0.6 is 0 Å². The number of primary amides is 1. The van der Waals surface area contributed by atoms with E-state index in [1.165, 1.54) is 0 Å². The number of nitrogens with two attached hydrogens (primary N) is 1. The van der Waals surface area contributed by atoms with Gasteiger partial charge in [0.05, 0.1) is 0 Å². The molecule has 1 rings (SSSR count). The van der Waals surface area contributed by atoms with Crippen molar-refractivity contribution in [2.24, 2.45) is 22.5 Å². The number of nitrogens with one attached hydrogen (secondary N) is 1. The van der Waals surface area contributed by atoms with E-state index in [0.717, 1.165) is 0 Å². The van der Waals surface area contributed by atoms with Gasteiger partial charge in [-0.2, -0.15) is 0 Å². The van der Waals surface area contributed by atoms with Gasteiger partial charge in [-0.15, -0.1) is 0 Å². The predicted molar refractivity (Wildman–Crippen MR) is 48.8 cm³/mol. The number of carbonyl (C=O) groups is 2. The Morgan fingerprint density at radius 2 is 1.54 bits per heavy atom. The third-order valence-corrected chi connectivity index (χ3v) is 3.53. The molecule has 0 aromatic carbocycles. The summed E-state index contributed by atoms with van der Waals surface area (Å²) in [6.07, 6.45) is 0. The van der Waals surface area contributed by atoms with E-state index in [1.54, 1.807) is 0 Å². The number of hydrogen-bond donors (Lipinski definition) is 2. The molecule has 3 N–H and O–H groups in total. The van der Waals surface area contributed by atoms with Gasteiger partial charge in [-0.05, 0) is 10.8 Å². The van der Waals surface area contributed by atoms with Crippen molar-refractivity contribution in [2.45, 2.75) is 27.7 Å². The molecule has 0 spiro atoms. The second kappa shape index (κ2) is 2.47. The molecule has 13 heavy (non-hydrogen) atoms. The fourth-order valence-electron chi connectivity index (χ4n) is 2.05. The fourth-order valence-corrected chi connectivity index (χ4v) is 2.05. The van der Waals surface area contributed by atoms with Crippen LogP contribution in [0.5, 0.6) is 0 Å². The van der Waals surface area contributed by atoms with E-state index in [-0.39, 0.29) is 22.7 Å². The number of imide groups is 1. The Hall–Kier alpha value is -1.06. The van der Waals surface area contributed by atoms with Crippen LogP contribution in [0.3, 0.4) is 0 Å². The summed E-state index contributed by atoms with van der Waals surface area (Å²) in [5, 5.41) is 2.12. The summed E-state index contributed by atoms with van der Waals surface area (Å²) >= 11 is 0. The third-order valence-electron chi connectivity index (χ3n) is 3.53. The fraction of sp³-hybridized carbons (Fsp3) is 0.778. The summed E-state index contributed by atoms with van der Waals surface area (Å²) in [6, 6.07) is -0.775. The van der Waals surface area contributed by atoms with Crippen molar-refractivity contribution in [3.8, 4) is 0 Å². The molecule has 0 radical (unpaired) electrons. The predicted octanol–water partition coefficient (Wildman–Crippen LogP) is 0.864. The summed E-state index contributed by atoms with van der Waals surface area (Å²) in [5.74, 6) is -0.380. The zero-order valence-electron chi connectivity index (χ0n) is 8.47. The van der Waals surface area contributed by atoms with Gasteiger partial charge in [0.25, 0.3) is 0 Å². The van der Waals surface area contributed by atoms with Gasteiger partial charge in [-0.1, -0.05) is 27.7 Å². The molecule has 4 heteroatoms. The van der Waals surface area contributed by atoms with Crippen LogP contribution in [0.1, 0.15) is 27.7 Å². The molecule has 0 aliphatic heterocycles. The zero-order chi connectivity index (χ0) is 10.4. The lowest BCUT2D eigenvalue weighted by atomic mass is 10.0. The zero-order valence-corrected chi connectivity index (χ0v) is 8.47. The number of urea groups is 1. The molecule has 0 unspecified atom stereocenters. The van der Waals surface area contributed by atoms with Crippen LogP contribution in [-0.4, -0.2) is 11.9 Å². The van der Waals surface area contributed by atoms with E-state index in [0.29, 0.717) is 0 Å². The average molecular weight is 184 g/mol. The maximum atomic E-state index is 11.4. The number of amides is 3. The highest BCUT2D eigenvalue weighted by atomic mass is 16.2. The lowest BCUT2D eigenvalue weighted by Crippen LogP contribution is -2.37. The molecular weight excluding hydrogens is 168 g/mol. The van der Waals surface area contributed by atoms with Gasteiger partial charge in [0, 0.05) is 5.92 Å². The maximum Gasteiger partial charge on any atom is 0.318 e. The van der Waals surface area contributed by atoms with Crippen molar-refractivity contribution >= 4 is 11.9 Å². The van der Waals surface area contributed by atoms with Crippen LogP contribution in [0, 0.1) is 16.7 Å². The smallest absolute Gasteiger partial charge is 0.318 e. The van der Waals surface area contributed by atoms with Gasteiger partial charge in [-0.25, -0.2) is 4.79 Å². The second-order valence-corrected chi connectivity index (χ2v) is 4.73. The highest BCUT2D eigenvalue weighted by molar-refractivity contribution is 5.97. The SMILES string of the molecule is CC1(C)C(C(=O)NC(N)=O)C1(C)C. The Labute approximate surface area is 77.9 Å². The Morgan fingerprint density at radius 1 is 1.15 bits per heavy atom. The molecule has 0 bridgehead atoms. The number of carbonyl (C=O) groups excluding carboxylic acids is 2. The Kier molecular flexibility index (Phi) is 1.90.